The molecule has 206 valence electrons. The zero-order valence-electron chi connectivity index (χ0n) is 23.1. The number of rotatable bonds is 14. The van der Waals surface area contributed by atoms with Gasteiger partial charge in [0.1, 0.15) is 17.7 Å². The van der Waals surface area contributed by atoms with E-state index in [0.29, 0.717) is 18.5 Å². The number of hydrogen-bond acceptors (Lipinski definition) is 5. The average Bonchev–Trinajstić information content (AvgIpc) is 2.82. The van der Waals surface area contributed by atoms with Crippen molar-refractivity contribution in [3.8, 4) is 0 Å². The summed E-state index contributed by atoms with van der Waals surface area (Å²) in [5.41, 5.74) is 5.99. The zero-order valence-corrected chi connectivity index (χ0v) is 23.1. The first-order valence-electron chi connectivity index (χ1n) is 12.9. The van der Waals surface area contributed by atoms with E-state index in [0.717, 1.165) is 18.4 Å². The van der Waals surface area contributed by atoms with Crippen molar-refractivity contribution in [2.75, 3.05) is 6.54 Å². The van der Waals surface area contributed by atoms with E-state index in [-0.39, 0.29) is 24.8 Å². The number of unbranched alkanes of at least 4 members (excludes halogenated alkanes) is 1. The number of amides is 4. The molecule has 4 N–H and O–H groups in total. The summed E-state index contributed by atoms with van der Waals surface area (Å²) in [7, 11) is 0. The van der Waals surface area contributed by atoms with Gasteiger partial charge < -0.3 is 26.0 Å². The Labute approximate surface area is 221 Å². The van der Waals surface area contributed by atoms with Gasteiger partial charge >= 0.3 is 6.09 Å². The van der Waals surface area contributed by atoms with Crippen molar-refractivity contribution in [1.82, 2.24) is 15.5 Å². The Hall–Kier alpha value is -3.36. The SMILES string of the molecule is C=Cc1cccc(C(C(=O)NCCCC)N(C(=O)C(CCC(N)=O)NC(=O)OC(C)(C)C)C(C)CC)c1. The topological polar surface area (TPSA) is 131 Å². The molecule has 1 rings (SSSR count). The maximum absolute atomic E-state index is 14.1. The molecule has 1 aromatic carbocycles. The summed E-state index contributed by atoms with van der Waals surface area (Å²) in [5, 5.41) is 5.55. The van der Waals surface area contributed by atoms with Gasteiger partial charge in [-0.05, 0) is 64.2 Å². The number of ether oxygens (including phenoxy) is 1. The molecule has 0 bridgehead atoms. The number of carbonyl (C=O) groups is 4. The second kappa shape index (κ2) is 15.0. The first-order chi connectivity index (χ1) is 17.3. The Balaban J connectivity index is 3.54. The van der Waals surface area contributed by atoms with E-state index in [2.05, 4.69) is 17.2 Å². The number of nitrogens with one attached hydrogen (secondary N) is 2. The summed E-state index contributed by atoms with van der Waals surface area (Å²) < 4.78 is 5.35. The molecule has 1 aromatic rings. The number of benzene rings is 1. The first kappa shape index (κ1) is 31.7. The van der Waals surface area contributed by atoms with Crippen molar-refractivity contribution in [2.24, 2.45) is 5.73 Å². The Morgan fingerprint density at radius 3 is 2.41 bits per heavy atom. The standard InChI is InChI=1S/C28H44N4O5/c1-8-11-17-30-25(34)24(21-14-12-13-20(10-3)18-21)32(19(4)9-2)26(35)22(15-16-23(29)33)31-27(36)37-28(5,6)7/h10,12-14,18-19,22,24H,3,8-9,11,15-17H2,1-2,4-7H3,(H2,29,33)(H,30,34)(H,31,36). The fourth-order valence-corrected chi connectivity index (χ4v) is 3.75. The zero-order chi connectivity index (χ0) is 28.2. The van der Waals surface area contributed by atoms with Gasteiger partial charge in [-0.1, -0.05) is 51.1 Å². The molecule has 0 saturated carbocycles. The van der Waals surface area contributed by atoms with Crippen LogP contribution in [0, 0.1) is 0 Å². The van der Waals surface area contributed by atoms with Crippen LogP contribution in [0.4, 0.5) is 4.79 Å². The molecular weight excluding hydrogens is 472 g/mol. The average molecular weight is 517 g/mol. The highest BCUT2D eigenvalue weighted by Gasteiger charge is 2.38. The summed E-state index contributed by atoms with van der Waals surface area (Å²) in [6.45, 7) is 15.2. The number of alkyl carbamates (subject to hydrolysis) is 1. The number of nitrogens with two attached hydrogens (primary N) is 1. The second-order valence-electron chi connectivity index (χ2n) is 10.1. The molecule has 9 heteroatoms. The van der Waals surface area contributed by atoms with E-state index in [1.165, 1.54) is 4.90 Å². The van der Waals surface area contributed by atoms with Gasteiger partial charge in [0, 0.05) is 19.0 Å². The highest BCUT2D eigenvalue weighted by Crippen LogP contribution is 2.28. The molecule has 3 unspecified atom stereocenters. The van der Waals surface area contributed by atoms with Crippen molar-refractivity contribution in [1.29, 1.82) is 0 Å². The summed E-state index contributed by atoms with van der Waals surface area (Å²) in [6.07, 6.45) is 2.98. The van der Waals surface area contributed by atoms with Crippen LogP contribution < -0.4 is 16.4 Å². The largest absolute Gasteiger partial charge is 0.444 e. The lowest BCUT2D eigenvalue weighted by Gasteiger charge is -2.38. The van der Waals surface area contributed by atoms with Crippen molar-refractivity contribution in [2.45, 2.75) is 97.4 Å². The Morgan fingerprint density at radius 2 is 1.86 bits per heavy atom. The summed E-state index contributed by atoms with van der Waals surface area (Å²) in [6, 6.07) is 4.83. The van der Waals surface area contributed by atoms with E-state index < -0.39 is 35.6 Å². The van der Waals surface area contributed by atoms with Gasteiger partial charge in [-0.2, -0.15) is 0 Å². The first-order valence-corrected chi connectivity index (χ1v) is 12.9. The van der Waals surface area contributed by atoms with E-state index in [4.69, 9.17) is 10.5 Å². The van der Waals surface area contributed by atoms with Crippen molar-refractivity contribution in [3.05, 3.63) is 42.0 Å². The molecule has 0 saturated heterocycles. The molecule has 37 heavy (non-hydrogen) atoms. The number of hydrogen-bond donors (Lipinski definition) is 3. The minimum atomic E-state index is -1.12. The molecule has 0 spiro atoms. The van der Waals surface area contributed by atoms with Gasteiger partial charge in [0.25, 0.3) is 0 Å². The third-order valence-electron chi connectivity index (χ3n) is 5.81. The monoisotopic (exact) mass is 516 g/mol. The van der Waals surface area contributed by atoms with Gasteiger partial charge in [0.2, 0.25) is 17.7 Å². The van der Waals surface area contributed by atoms with Gasteiger partial charge in [-0.25, -0.2) is 4.79 Å². The quantitative estimate of drug-likeness (QED) is 0.321. The minimum Gasteiger partial charge on any atom is -0.444 e. The van der Waals surface area contributed by atoms with Crippen LogP contribution in [-0.2, 0) is 19.1 Å². The fraction of sp³-hybridized carbons (Fsp3) is 0.571. The molecule has 0 heterocycles. The van der Waals surface area contributed by atoms with Crippen molar-refractivity contribution in [3.63, 3.8) is 0 Å². The molecule has 0 aromatic heterocycles. The van der Waals surface area contributed by atoms with E-state index >= 15 is 0 Å². The molecule has 9 nitrogen and oxygen atoms in total. The predicted octanol–water partition coefficient (Wildman–Crippen LogP) is 4.07. The van der Waals surface area contributed by atoms with Crippen LogP contribution >= 0.6 is 0 Å². The normalized spacial score (nSPS) is 13.6. The molecule has 0 radical (unpaired) electrons. The Kier molecular flexibility index (Phi) is 12.9. The highest BCUT2D eigenvalue weighted by atomic mass is 16.6. The number of primary amides is 1. The lowest BCUT2D eigenvalue weighted by Crippen LogP contribution is -2.55. The molecule has 0 fully saturated rings. The predicted molar refractivity (Wildman–Crippen MR) is 145 cm³/mol. The lowest BCUT2D eigenvalue weighted by atomic mass is 9.97. The van der Waals surface area contributed by atoms with Crippen LogP contribution in [0.5, 0.6) is 0 Å². The van der Waals surface area contributed by atoms with E-state index in [1.807, 2.05) is 39.0 Å². The van der Waals surface area contributed by atoms with Crippen LogP contribution in [0.3, 0.4) is 0 Å². The smallest absolute Gasteiger partial charge is 0.408 e. The maximum Gasteiger partial charge on any atom is 0.408 e. The van der Waals surface area contributed by atoms with Crippen LogP contribution in [0.25, 0.3) is 6.08 Å². The van der Waals surface area contributed by atoms with Gasteiger partial charge in [-0.3, -0.25) is 14.4 Å². The third-order valence-corrected chi connectivity index (χ3v) is 5.81. The summed E-state index contributed by atoms with van der Waals surface area (Å²) in [4.78, 5) is 53.3. The van der Waals surface area contributed by atoms with E-state index in [1.54, 1.807) is 32.9 Å². The number of nitrogens with zero attached hydrogens (tertiary/aromatic N) is 1. The molecule has 3 atom stereocenters. The highest BCUT2D eigenvalue weighted by molar-refractivity contribution is 5.92. The van der Waals surface area contributed by atoms with Crippen molar-refractivity contribution < 1.29 is 23.9 Å². The molecule has 4 amide bonds. The Bertz CT molecular complexity index is 941. The van der Waals surface area contributed by atoms with Crippen LogP contribution in [-0.4, -0.2) is 52.9 Å². The van der Waals surface area contributed by atoms with Gasteiger partial charge in [-0.15, -0.1) is 0 Å². The lowest BCUT2D eigenvalue weighted by molar-refractivity contribution is -0.145. The molecule has 0 aliphatic rings. The van der Waals surface area contributed by atoms with E-state index in [9.17, 15) is 19.2 Å². The van der Waals surface area contributed by atoms with Crippen LogP contribution in [0.2, 0.25) is 0 Å². The molecule has 0 aliphatic heterocycles. The summed E-state index contributed by atoms with van der Waals surface area (Å²) in [5.74, 6) is -1.43. The number of carbonyl (C=O) groups excluding carboxylic acids is 4. The Morgan fingerprint density at radius 1 is 1.19 bits per heavy atom. The molecular formula is C28H44N4O5. The van der Waals surface area contributed by atoms with Crippen LogP contribution in [0.1, 0.15) is 90.8 Å². The third kappa shape index (κ3) is 10.7. The van der Waals surface area contributed by atoms with Crippen LogP contribution in [0.15, 0.2) is 30.8 Å². The van der Waals surface area contributed by atoms with Gasteiger partial charge in [0.15, 0.2) is 0 Å². The molecule has 0 aliphatic carbocycles. The minimum absolute atomic E-state index is 0.0305. The van der Waals surface area contributed by atoms with Gasteiger partial charge in [0.05, 0.1) is 0 Å². The van der Waals surface area contributed by atoms with Crippen molar-refractivity contribution >= 4 is 29.9 Å². The summed E-state index contributed by atoms with van der Waals surface area (Å²) >= 11 is 0. The second-order valence-corrected chi connectivity index (χ2v) is 10.1. The fourth-order valence-electron chi connectivity index (χ4n) is 3.75. The maximum atomic E-state index is 14.1.